The fourth-order valence-corrected chi connectivity index (χ4v) is 2.14. The highest BCUT2D eigenvalue weighted by atomic mass is 35.5. The van der Waals surface area contributed by atoms with Crippen LogP contribution >= 0.6 is 23.2 Å². The molecule has 1 atom stereocenters. The molecule has 1 aromatic carbocycles. The minimum Gasteiger partial charge on any atom is -0.396 e. The molecule has 0 aliphatic heterocycles. The van der Waals surface area contributed by atoms with E-state index in [2.05, 4.69) is 12.2 Å². The second-order valence-electron chi connectivity index (χ2n) is 3.68. The Hall–Kier alpha value is -0.280. The third kappa shape index (κ3) is 3.95. The van der Waals surface area contributed by atoms with Gasteiger partial charge in [0.05, 0.1) is 0 Å². The number of aliphatic hydroxyl groups excluding tert-OH is 1. The third-order valence-electron chi connectivity index (χ3n) is 2.40. The lowest BCUT2D eigenvalue weighted by Crippen LogP contribution is -2.23. The molecule has 0 fully saturated rings. The van der Waals surface area contributed by atoms with Gasteiger partial charge in [0.1, 0.15) is 0 Å². The average Bonchev–Trinajstić information content (AvgIpc) is 2.25. The van der Waals surface area contributed by atoms with Crippen molar-refractivity contribution in [3.63, 3.8) is 0 Å². The quantitative estimate of drug-likeness (QED) is 0.823. The van der Waals surface area contributed by atoms with Crippen LogP contribution in [-0.4, -0.2) is 18.3 Å². The lowest BCUT2D eigenvalue weighted by molar-refractivity contribution is 0.265. The molecule has 2 N–H and O–H groups in total. The Labute approximate surface area is 107 Å². The Kier molecular flexibility index (Phi) is 6.14. The number of hydrogen-bond donors (Lipinski definition) is 2. The van der Waals surface area contributed by atoms with Crippen molar-refractivity contribution in [3.8, 4) is 0 Å². The summed E-state index contributed by atoms with van der Waals surface area (Å²) in [4.78, 5) is 0. The Morgan fingerprint density at radius 1 is 1.38 bits per heavy atom. The largest absolute Gasteiger partial charge is 0.396 e. The number of hydrogen-bond acceptors (Lipinski definition) is 2. The number of benzene rings is 1. The van der Waals surface area contributed by atoms with Crippen LogP contribution in [0, 0.1) is 0 Å². The van der Waals surface area contributed by atoms with Crippen LogP contribution < -0.4 is 5.32 Å². The van der Waals surface area contributed by atoms with Crippen LogP contribution in [0.4, 0.5) is 0 Å². The fourth-order valence-electron chi connectivity index (χ4n) is 1.60. The van der Waals surface area contributed by atoms with E-state index >= 15 is 0 Å². The molecular formula is C12H17Cl2NO. The summed E-state index contributed by atoms with van der Waals surface area (Å²) in [6.07, 6.45) is 1.70. The van der Waals surface area contributed by atoms with Crippen molar-refractivity contribution in [1.82, 2.24) is 5.32 Å². The van der Waals surface area contributed by atoms with Gasteiger partial charge in [-0.05, 0) is 37.1 Å². The summed E-state index contributed by atoms with van der Waals surface area (Å²) in [5, 5.41) is 13.7. The summed E-state index contributed by atoms with van der Waals surface area (Å²) in [5.41, 5.74) is 0.994. The van der Waals surface area contributed by atoms with E-state index in [9.17, 15) is 0 Å². The van der Waals surface area contributed by atoms with E-state index in [1.165, 1.54) is 0 Å². The zero-order chi connectivity index (χ0) is 12.0. The van der Waals surface area contributed by atoms with Gasteiger partial charge in [-0.15, -0.1) is 0 Å². The molecule has 0 bridgehead atoms. The molecule has 0 aliphatic rings. The van der Waals surface area contributed by atoms with Crippen LogP contribution in [0.5, 0.6) is 0 Å². The molecule has 1 aromatic rings. The molecule has 0 radical (unpaired) electrons. The first-order chi connectivity index (χ1) is 7.69. The highest BCUT2D eigenvalue weighted by Crippen LogP contribution is 2.27. The highest BCUT2D eigenvalue weighted by molar-refractivity contribution is 6.35. The number of nitrogens with one attached hydrogen (secondary N) is 1. The van der Waals surface area contributed by atoms with Crippen molar-refractivity contribution in [2.24, 2.45) is 0 Å². The van der Waals surface area contributed by atoms with E-state index in [-0.39, 0.29) is 12.6 Å². The molecule has 16 heavy (non-hydrogen) atoms. The van der Waals surface area contributed by atoms with E-state index in [0.29, 0.717) is 16.5 Å². The molecule has 0 aromatic heterocycles. The monoisotopic (exact) mass is 261 g/mol. The smallest absolute Gasteiger partial charge is 0.0468 e. The van der Waals surface area contributed by atoms with Gasteiger partial charge in [-0.2, -0.15) is 0 Å². The maximum absolute atomic E-state index is 9.03. The van der Waals surface area contributed by atoms with Gasteiger partial charge in [0, 0.05) is 22.7 Å². The van der Waals surface area contributed by atoms with E-state index in [1.54, 1.807) is 6.07 Å². The van der Waals surface area contributed by atoms with Crippen LogP contribution in [0.2, 0.25) is 10.0 Å². The maximum atomic E-state index is 9.03. The molecule has 0 saturated heterocycles. The normalized spacial score (nSPS) is 12.8. The van der Waals surface area contributed by atoms with Crippen molar-refractivity contribution >= 4 is 23.2 Å². The Morgan fingerprint density at radius 3 is 2.69 bits per heavy atom. The lowest BCUT2D eigenvalue weighted by Gasteiger charge is -2.19. The molecule has 0 heterocycles. The zero-order valence-corrected chi connectivity index (χ0v) is 10.9. The molecule has 0 aliphatic carbocycles. The number of rotatable bonds is 6. The molecule has 0 saturated carbocycles. The summed E-state index contributed by atoms with van der Waals surface area (Å²) in [6.45, 7) is 3.15. The maximum Gasteiger partial charge on any atom is 0.0468 e. The van der Waals surface area contributed by atoms with Crippen LogP contribution in [-0.2, 0) is 0 Å². The van der Waals surface area contributed by atoms with Gasteiger partial charge in [0.25, 0.3) is 0 Å². The summed E-state index contributed by atoms with van der Waals surface area (Å²) >= 11 is 12.0. The van der Waals surface area contributed by atoms with Crippen molar-refractivity contribution in [2.75, 3.05) is 13.2 Å². The standard InChI is InChI=1S/C12H17Cl2NO/c1-2-6-15-12(5-7-16)10-4-3-9(13)8-11(10)14/h3-4,8,12,15-16H,2,5-7H2,1H3. The van der Waals surface area contributed by atoms with Crippen LogP contribution in [0.25, 0.3) is 0 Å². The second kappa shape index (κ2) is 7.13. The van der Waals surface area contributed by atoms with Crippen molar-refractivity contribution in [2.45, 2.75) is 25.8 Å². The van der Waals surface area contributed by atoms with Crippen LogP contribution in [0.3, 0.4) is 0 Å². The predicted octanol–water partition coefficient (Wildman–Crippen LogP) is 3.42. The number of aliphatic hydroxyl groups is 1. The summed E-state index contributed by atoms with van der Waals surface area (Å²) in [7, 11) is 0. The topological polar surface area (TPSA) is 32.3 Å². The predicted molar refractivity (Wildman–Crippen MR) is 69.2 cm³/mol. The molecule has 0 amide bonds. The fraction of sp³-hybridized carbons (Fsp3) is 0.500. The molecular weight excluding hydrogens is 245 g/mol. The van der Waals surface area contributed by atoms with E-state index in [1.807, 2.05) is 12.1 Å². The SMILES string of the molecule is CCCNC(CCO)c1ccc(Cl)cc1Cl. The van der Waals surface area contributed by atoms with Gasteiger partial charge in [0.15, 0.2) is 0 Å². The minimum absolute atomic E-state index is 0.0923. The van der Waals surface area contributed by atoms with Gasteiger partial charge in [-0.25, -0.2) is 0 Å². The van der Waals surface area contributed by atoms with E-state index in [4.69, 9.17) is 28.3 Å². The molecule has 2 nitrogen and oxygen atoms in total. The lowest BCUT2D eigenvalue weighted by atomic mass is 10.0. The van der Waals surface area contributed by atoms with E-state index in [0.717, 1.165) is 18.5 Å². The average molecular weight is 262 g/mol. The Morgan fingerprint density at radius 2 is 2.12 bits per heavy atom. The van der Waals surface area contributed by atoms with Gasteiger partial charge in [-0.3, -0.25) is 0 Å². The summed E-state index contributed by atoms with van der Waals surface area (Å²) in [6, 6.07) is 5.56. The molecule has 0 spiro atoms. The first-order valence-electron chi connectivity index (χ1n) is 5.48. The van der Waals surface area contributed by atoms with Crippen LogP contribution in [0.1, 0.15) is 31.4 Å². The Bertz CT molecular complexity index is 331. The van der Waals surface area contributed by atoms with Gasteiger partial charge in [0.2, 0.25) is 0 Å². The Balaban J connectivity index is 2.82. The molecule has 90 valence electrons. The summed E-state index contributed by atoms with van der Waals surface area (Å²) in [5.74, 6) is 0. The second-order valence-corrected chi connectivity index (χ2v) is 4.53. The van der Waals surface area contributed by atoms with Gasteiger partial charge >= 0.3 is 0 Å². The van der Waals surface area contributed by atoms with E-state index < -0.39 is 0 Å². The van der Waals surface area contributed by atoms with Crippen molar-refractivity contribution in [3.05, 3.63) is 33.8 Å². The summed E-state index contributed by atoms with van der Waals surface area (Å²) < 4.78 is 0. The molecule has 1 unspecified atom stereocenters. The third-order valence-corrected chi connectivity index (χ3v) is 2.96. The van der Waals surface area contributed by atoms with Gasteiger partial charge < -0.3 is 10.4 Å². The molecule has 1 rings (SSSR count). The highest BCUT2D eigenvalue weighted by Gasteiger charge is 2.13. The zero-order valence-electron chi connectivity index (χ0n) is 9.34. The minimum atomic E-state index is 0.0923. The van der Waals surface area contributed by atoms with Gasteiger partial charge in [-0.1, -0.05) is 36.2 Å². The first kappa shape index (κ1) is 13.8. The first-order valence-corrected chi connectivity index (χ1v) is 6.23. The van der Waals surface area contributed by atoms with Crippen LogP contribution in [0.15, 0.2) is 18.2 Å². The molecule has 4 heteroatoms. The van der Waals surface area contributed by atoms with Crippen molar-refractivity contribution < 1.29 is 5.11 Å². The number of halogens is 2. The van der Waals surface area contributed by atoms with Crippen molar-refractivity contribution in [1.29, 1.82) is 0 Å².